The van der Waals surface area contributed by atoms with Gasteiger partial charge in [0, 0.05) is 11.5 Å². The Bertz CT molecular complexity index is 826. The van der Waals surface area contributed by atoms with Crippen LogP contribution in [0.1, 0.15) is 5.56 Å². The maximum absolute atomic E-state index is 13.1. The van der Waals surface area contributed by atoms with Crippen molar-refractivity contribution in [3.8, 4) is 11.8 Å². The first-order valence-electron chi connectivity index (χ1n) is 6.54. The third-order valence-electron chi connectivity index (χ3n) is 3.09. The number of fused-ring (bicyclic) bond motifs is 1. The molecule has 3 aromatic rings. The monoisotopic (exact) mass is 318 g/mol. The molecule has 0 saturated carbocycles. The van der Waals surface area contributed by atoms with Gasteiger partial charge in [0.15, 0.2) is 0 Å². The lowest BCUT2D eigenvalue weighted by molar-refractivity contribution is 0.281. The Labute approximate surface area is 131 Å². The van der Waals surface area contributed by atoms with E-state index in [1.807, 2.05) is 0 Å². The van der Waals surface area contributed by atoms with Crippen LogP contribution in [0, 0.1) is 5.82 Å². The van der Waals surface area contributed by atoms with E-state index >= 15 is 0 Å². The Kier molecular flexibility index (Phi) is 4.06. The molecule has 0 N–H and O–H groups in total. The predicted octanol–water partition coefficient (Wildman–Crippen LogP) is 4.01. The minimum absolute atomic E-state index is 0.134. The quantitative estimate of drug-likeness (QED) is 0.682. The van der Waals surface area contributed by atoms with Crippen LogP contribution in [0.15, 0.2) is 42.5 Å². The maximum Gasteiger partial charge on any atom is 0.318 e. The normalized spacial score (nSPS) is 10.7. The van der Waals surface area contributed by atoms with Crippen LogP contribution in [-0.4, -0.2) is 17.1 Å². The van der Waals surface area contributed by atoms with Crippen molar-refractivity contribution in [3.63, 3.8) is 0 Å². The van der Waals surface area contributed by atoms with Gasteiger partial charge in [-0.05, 0) is 29.8 Å². The number of rotatable bonds is 4. The van der Waals surface area contributed by atoms with Gasteiger partial charge in [0.1, 0.15) is 23.3 Å². The molecule has 0 aliphatic carbocycles. The summed E-state index contributed by atoms with van der Waals surface area (Å²) in [7, 11) is 1.57. The van der Waals surface area contributed by atoms with Crippen LogP contribution >= 0.6 is 11.6 Å². The third-order valence-corrected chi connectivity index (χ3v) is 3.38. The predicted molar refractivity (Wildman–Crippen MR) is 81.8 cm³/mol. The summed E-state index contributed by atoms with van der Waals surface area (Å²) in [6, 6.07) is 11.6. The third kappa shape index (κ3) is 3.09. The van der Waals surface area contributed by atoms with Crippen molar-refractivity contribution >= 4 is 22.5 Å². The molecule has 6 heteroatoms. The van der Waals surface area contributed by atoms with E-state index in [9.17, 15) is 4.39 Å². The lowest BCUT2D eigenvalue weighted by Crippen LogP contribution is -2.00. The van der Waals surface area contributed by atoms with Crippen LogP contribution in [0.4, 0.5) is 4.39 Å². The van der Waals surface area contributed by atoms with E-state index in [1.54, 1.807) is 37.4 Å². The van der Waals surface area contributed by atoms with Crippen LogP contribution in [0.25, 0.3) is 10.9 Å². The largest absolute Gasteiger partial charge is 0.497 e. The van der Waals surface area contributed by atoms with Gasteiger partial charge in [-0.2, -0.15) is 9.97 Å². The molecule has 0 atom stereocenters. The summed E-state index contributed by atoms with van der Waals surface area (Å²) in [5.74, 6) is 0.349. The fraction of sp³-hybridized carbons (Fsp3) is 0.125. The van der Waals surface area contributed by atoms with E-state index in [0.717, 1.165) is 0 Å². The Morgan fingerprint density at radius 2 is 2.00 bits per heavy atom. The van der Waals surface area contributed by atoms with Crippen LogP contribution in [0.3, 0.4) is 0 Å². The first kappa shape index (κ1) is 14.5. The Morgan fingerprint density at radius 1 is 1.14 bits per heavy atom. The molecule has 0 unspecified atom stereocenters. The summed E-state index contributed by atoms with van der Waals surface area (Å²) < 4.78 is 23.8. The highest BCUT2D eigenvalue weighted by Gasteiger charge is 2.08. The zero-order chi connectivity index (χ0) is 15.5. The van der Waals surface area contributed by atoms with Crippen molar-refractivity contribution < 1.29 is 13.9 Å². The minimum atomic E-state index is -0.316. The second-order valence-electron chi connectivity index (χ2n) is 4.60. The Hall–Kier alpha value is -2.40. The van der Waals surface area contributed by atoms with Crippen molar-refractivity contribution in [2.45, 2.75) is 6.61 Å². The first-order chi connectivity index (χ1) is 10.7. The lowest BCUT2D eigenvalue weighted by atomic mass is 10.2. The van der Waals surface area contributed by atoms with E-state index < -0.39 is 0 Å². The molecule has 0 aliphatic heterocycles. The molecule has 1 heterocycles. The number of halogens is 2. The molecule has 1 aromatic heterocycles. The lowest BCUT2D eigenvalue weighted by Gasteiger charge is -2.08. The molecule has 3 rings (SSSR count). The number of hydrogen-bond acceptors (Lipinski definition) is 4. The topological polar surface area (TPSA) is 44.2 Å². The zero-order valence-electron chi connectivity index (χ0n) is 11.7. The van der Waals surface area contributed by atoms with Gasteiger partial charge >= 0.3 is 6.01 Å². The van der Waals surface area contributed by atoms with Crippen LogP contribution in [0.5, 0.6) is 11.8 Å². The van der Waals surface area contributed by atoms with Gasteiger partial charge in [0.2, 0.25) is 0 Å². The summed E-state index contributed by atoms with van der Waals surface area (Å²) in [4.78, 5) is 8.38. The van der Waals surface area contributed by atoms with Crippen LogP contribution in [0.2, 0.25) is 5.15 Å². The number of nitrogens with zero attached hydrogens (tertiary/aromatic N) is 2. The second kappa shape index (κ2) is 6.15. The molecule has 22 heavy (non-hydrogen) atoms. The van der Waals surface area contributed by atoms with E-state index in [1.165, 1.54) is 12.1 Å². The van der Waals surface area contributed by atoms with Crippen molar-refractivity contribution in [2.24, 2.45) is 0 Å². The van der Waals surface area contributed by atoms with Gasteiger partial charge in [-0.1, -0.05) is 23.7 Å². The molecule has 112 valence electrons. The van der Waals surface area contributed by atoms with Crippen molar-refractivity contribution in [1.82, 2.24) is 9.97 Å². The van der Waals surface area contributed by atoms with Gasteiger partial charge in [-0.25, -0.2) is 4.39 Å². The molecule has 0 fully saturated rings. The first-order valence-corrected chi connectivity index (χ1v) is 6.92. The van der Waals surface area contributed by atoms with E-state index in [0.29, 0.717) is 27.4 Å². The summed E-state index contributed by atoms with van der Waals surface area (Å²) >= 11 is 6.13. The van der Waals surface area contributed by atoms with Gasteiger partial charge in [0.25, 0.3) is 0 Å². The molecular weight excluding hydrogens is 307 g/mol. The Morgan fingerprint density at radius 3 is 2.77 bits per heavy atom. The molecular formula is C16H12ClFN2O2. The standard InChI is InChI=1S/C16H12ClFN2O2/c1-21-12-5-6-13-14(8-12)19-16(20-15(13)17)22-9-10-3-2-4-11(18)7-10/h2-8H,9H2,1H3. The van der Waals surface area contributed by atoms with Crippen molar-refractivity contribution in [1.29, 1.82) is 0 Å². The molecule has 0 amide bonds. The number of methoxy groups -OCH3 is 1. The second-order valence-corrected chi connectivity index (χ2v) is 4.96. The summed E-state index contributed by atoms with van der Waals surface area (Å²) in [6.07, 6.45) is 0. The molecule has 0 saturated heterocycles. The molecule has 0 aliphatic rings. The number of benzene rings is 2. The molecule has 4 nitrogen and oxygen atoms in total. The van der Waals surface area contributed by atoms with Crippen LogP contribution in [-0.2, 0) is 6.61 Å². The molecule has 0 spiro atoms. The smallest absolute Gasteiger partial charge is 0.318 e. The van der Waals surface area contributed by atoms with E-state index in [2.05, 4.69) is 9.97 Å². The highest BCUT2D eigenvalue weighted by atomic mass is 35.5. The van der Waals surface area contributed by atoms with Gasteiger partial charge in [-0.3, -0.25) is 0 Å². The Balaban J connectivity index is 1.87. The molecule has 0 bridgehead atoms. The van der Waals surface area contributed by atoms with Crippen LogP contribution < -0.4 is 9.47 Å². The minimum Gasteiger partial charge on any atom is -0.497 e. The number of hydrogen-bond donors (Lipinski definition) is 0. The fourth-order valence-corrected chi connectivity index (χ4v) is 2.25. The van der Waals surface area contributed by atoms with Gasteiger partial charge in [0.05, 0.1) is 12.6 Å². The summed E-state index contributed by atoms with van der Waals surface area (Å²) in [5, 5.41) is 1.00. The molecule has 2 aromatic carbocycles. The van der Waals surface area contributed by atoms with Gasteiger partial charge < -0.3 is 9.47 Å². The maximum atomic E-state index is 13.1. The van der Waals surface area contributed by atoms with Gasteiger partial charge in [-0.15, -0.1) is 0 Å². The SMILES string of the molecule is COc1ccc2c(Cl)nc(OCc3cccc(F)c3)nc2c1. The van der Waals surface area contributed by atoms with Crippen molar-refractivity contribution in [3.05, 3.63) is 59.0 Å². The zero-order valence-corrected chi connectivity index (χ0v) is 12.5. The average molecular weight is 319 g/mol. The highest BCUT2D eigenvalue weighted by molar-refractivity contribution is 6.34. The summed E-state index contributed by atoms with van der Waals surface area (Å²) in [6.45, 7) is 0.156. The number of ether oxygens (including phenoxy) is 2. The van der Waals surface area contributed by atoms with E-state index in [-0.39, 0.29) is 18.4 Å². The molecule has 0 radical (unpaired) electrons. The fourth-order valence-electron chi connectivity index (χ4n) is 2.02. The van der Waals surface area contributed by atoms with E-state index in [4.69, 9.17) is 21.1 Å². The average Bonchev–Trinajstić information content (AvgIpc) is 2.52. The highest BCUT2D eigenvalue weighted by Crippen LogP contribution is 2.26. The van der Waals surface area contributed by atoms with Crippen molar-refractivity contribution in [2.75, 3.05) is 7.11 Å². The number of aromatic nitrogens is 2. The summed E-state index contributed by atoms with van der Waals surface area (Å²) in [5.41, 5.74) is 1.30.